The predicted octanol–water partition coefficient (Wildman–Crippen LogP) is 2.46. The van der Waals surface area contributed by atoms with E-state index in [-0.39, 0.29) is 21.4 Å². The van der Waals surface area contributed by atoms with Gasteiger partial charge in [-0.15, -0.1) is 0 Å². The van der Waals surface area contributed by atoms with Crippen LogP contribution in [0.4, 0.5) is 11.6 Å². The number of halogens is 1. The van der Waals surface area contributed by atoms with Crippen LogP contribution in [0.5, 0.6) is 0 Å². The largest absolute Gasteiger partial charge is 0.291 e. The number of H-pyrrole nitrogens is 1. The molecule has 2 aromatic carbocycles. The zero-order chi connectivity index (χ0) is 19.0. The number of sulfonamides is 1. The quantitative estimate of drug-likeness (QED) is 0.695. The van der Waals surface area contributed by atoms with Crippen LogP contribution in [0.2, 0.25) is 5.02 Å². The number of amides is 1. The smallest absolute Gasteiger partial charge is 0.265 e. The maximum atomic E-state index is 13.2. The van der Waals surface area contributed by atoms with Crippen molar-refractivity contribution in [2.45, 2.75) is 11.3 Å². The lowest BCUT2D eigenvalue weighted by Gasteiger charge is -2.20. The molecule has 1 aliphatic rings. The van der Waals surface area contributed by atoms with E-state index in [1.165, 1.54) is 28.8 Å². The second-order valence-corrected chi connectivity index (χ2v) is 8.13. The first-order chi connectivity index (χ1) is 13.0. The maximum absolute atomic E-state index is 13.2. The van der Waals surface area contributed by atoms with Gasteiger partial charge in [0.25, 0.3) is 15.9 Å². The Labute approximate surface area is 160 Å². The number of carbonyl (C=O) groups excluding carboxylic acids is 1. The molecule has 2 heterocycles. The summed E-state index contributed by atoms with van der Waals surface area (Å²) in [7, 11) is -3.92. The van der Waals surface area contributed by atoms with Crippen molar-refractivity contribution >= 4 is 39.2 Å². The number of hydrogen-bond acceptors (Lipinski definition) is 5. The third-order valence-electron chi connectivity index (χ3n) is 4.25. The molecule has 10 heteroatoms. The number of aromatic amines is 1. The summed E-state index contributed by atoms with van der Waals surface area (Å²) in [4.78, 5) is 16.1. The van der Waals surface area contributed by atoms with Crippen molar-refractivity contribution in [3.8, 4) is 0 Å². The van der Waals surface area contributed by atoms with Crippen molar-refractivity contribution in [2.24, 2.45) is 0 Å². The van der Waals surface area contributed by atoms with Crippen LogP contribution in [-0.2, 0) is 16.4 Å². The van der Waals surface area contributed by atoms with E-state index >= 15 is 0 Å². The fourth-order valence-corrected chi connectivity index (χ4v) is 4.97. The van der Waals surface area contributed by atoms with Crippen LogP contribution in [0.3, 0.4) is 0 Å². The number of para-hydroxylation sites is 1. The number of aromatic nitrogens is 3. The van der Waals surface area contributed by atoms with E-state index in [1.54, 1.807) is 12.1 Å². The number of fused-ring (bicyclic) bond motifs is 1. The van der Waals surface area contributed by atoms with E-state index in [2.05, 4.69) is 20.5 Å². The second kappa shape index (κ2) is 6.67. The highest BCUT2D eigenvalue weighted by atomic mass is 35.5. The second-order valence-electron chi connectivity index (χ2n) is 5.89. The van der Waals surface area contributed by atoms with E-state index in [0.29, 0.717) is 18.7 Å². The molecule has 0 radical (unpaired) electrons. The Hall–Kier alpha value is -2.91. The van der Waals surface area contributed by atoms with Crippen LogP contribution in [0, 0.1) is 0 Å². The van der Waals surface area contributed by atoms with Crippen LogP contribution >= 0.6 is 11.6 Å². The monoisotopic (exact) mass is 403 g/mol. The van der Waals surface area contributed by atoms with E-state index in [1.807, 2.05) is 12.1 Å². The molecule has 0 saturated heterocycles. The van der Waals surface area contributed by atoms with Crippen LogP contribution in [-0.4, -0.2) is 36.1 Å². The molecule has 0 atom stereocenters. The number of nitrogens with one attached hydrogen (secondary N) is 2. The van der Waals surface area contributed by atoms with Gasteiger partial charge in [-0.05, 0) is 36.2 Å². The van der Waals surface area contributed by atoms with Gasteiger partial charge in [-0.3, -0.25) is 14.4 Å². The molecule has 0 bridgehead atoms. The van der Waals surface area contributed by atoms with Crippen molar-refractivity contribution in [1.82, 2.24) is 15.2 Å². The minimum absolute atomic E-state index is 0.0515. The molecular formula is C17H14ClN5O3S. The highest BCUT2D eigenvalue weighted by molar-refractivity contribution is 7.93. The van der Waals surface area contributed by atoms with Gasteiger partial charge in [0, 0.05) is 12.1 Å². The molecule has 8 nitrogen and oxygen atoms in total. The molecule has 0 fully saturated rings. The molecule has 1 aromatic heterocycles. The highest BCUT2D eigenvalue weighted by Gasteiger charge is 2.32. The molecule has 138 valence electrons. The van der Waals surface area contributed by atoms with Gasteiger partial charge in [-0.1, -0.05) is 29.8 Å². The molecule has 2 N–H and O–H groups in total. The lowest BCUT2D eigenvalue weighted by molar-refractivity contribution is 0.102. The van der Waals surface area contributed by atoms with Crippen molar-refractivity contribution < 1.29 is 13.2 Å². The standard InChI is InChI=1S/C17H14ClN5O3S/c18-13-6-5-12(16(24)21-17-19-10-20-22-17)9-15(13)27(25,26)23-8-7-11-3-1-2-4-14(11)23/h1-6,9-10H,7-8H2,(H2,19,20,21,22,24). The van der Waals surface area contributed by atoms with Crippen LogP contribution < -0.4 is 9.62 Å². The molecule has 3 aromatic rings. The molecule has 4 rings (SSSR count). The topological polar surface area (TPSA) is 108 Å². The molecule has 1 aliphatic heterocycles. The summed E-state index contributed by atoms with van der Waals surface area (Å²) in [5.74, 6) is -0.366. The zero-order valence-corrected chi connectivity index (χ0v) is 15.5. The maximum Gasteiger partial charge on any atom is 0.265 e. The predicted molar refractivity (Wildman–Crippen MR) is 100 cm³/mol. The lowest BCUT2D eigenvalue weighted by Crippen LogP contribution is -2.29. The Morgan fingerprint density at radius 3 is 2.81 bits per heavy atom. The minimum Gasteiger partial charge on any atom is -0.291 e. The summed E-state index contributed by atoms with van der Waals surface area (Å²) in [5, 5.41) is 8.70. The number of rotatable bonds is 4. The number of anilines is 2. The number of nitrogens with zero attached hydrogens (tertiary/aromatic N) is 3. The van der Waals surface area contributed by atoms with Crippen molar-refractivity contribution in [2.75, 3.05) is 16.2 Å². The summed E-state index contributed by atoms with van der Waals surface area (Å²) in [6.45, 7) is 0.326. The Kier molecular flexibility index (Phi) is 4.33. The third kappa shape index (κ3) is 3.15. The lowest BCUT2D eigenvalue weighted by atomic mass is 10.2. The van der Waals surface area contributed by atoms with Gasteiger partial charge < -0.3 is 0 Å². The van der Waals surface area contributed by atoms with Gasteiger partial charge in [0.2, 0.25) is 5.95 Å². The molecule has 1 amide bonds. The number of benzene rings is 2. The highest BCUT2D eigenvalue weighted by Crippen LogP contribution is 2.35. The van der Waals surface area contributed by atoms with Crippen molar-refractivity contribution in [3.05, 3.63) is 64.9 Å². The van der Waals surface area contributed by atoms with Crippen molar-refractivity contribution in [1.29, 1.82) is 0 Å². The van der Waals surface area contributed by atoms with Crippen LogP contribution in [0.25, 0.3) is 0 Å². The van der Waals surface area contributed by atoms with Gasteiger partial charge >= 0.3 is 0 Å². The molecule has 0 aliphatic carbocycles. The summed E-state index contributed by atoms with van der Waals surface area (Å²) in [6.07, 6.45) is 1.87. The fourth-order valence-electron chi connectivity index (χ4n) is 2.96. The normalized spacial score (nSPS) is 13.4. The van der Waals surface area contributed by atoms with E-state index < -0.39 is 15.9 Å². The first-order valence-corrected chi connectivity index (χ1v) is 9.85. The Bertz CT molecular complexity index is 1120. The number of hydrogen-bond donors (Lipinski definition) is 2. The van der Waals surface area contributed by atoms with Gasteiger partial charge in [0.05, 0.1) is 10.7 Å². The molecule has 0 spiro atoms. The fraction of sp³-hybridized carbons (Fsp3) is 0.118. The first-order valence-electron chi connectivity index (χ1n) is 8.04. The average Bonchev–Trinajstić information content (AvgIpc) is 3.31. The number of carbonyl (C=O) groups is 1. The molecule has 0 unspecified atom stereocenters. The van der Waals surface area contributed by atoms with Gasteiger partial charge in [0.15, 0.2) is 0 Å². The van der Waals surface area contributed by atoms with E-state index in [9.17, 15) is 13.2 Å². The summed E-state index contributed by atoms with van der Waals surface area (Å²) in [5.41, 5.74) is 1.73. The van der Waals surface area contributed by atoms with E-state index in [4.69, 9.17) is 11.6 Å². The third-order valence-corrected chi connectivity index (χ3v) is 6.55. The molecule has 0 saturated carbocycles. The Morgan fingerprint density at radius 1 is 1.22 bits per heavy atom. The molecule has 27 heavy (non-hydrogen) atoms. The SMILES string of the molecule is O=C(Nc1ncn[nH]1)c1ccc(Cl)c(S(=O)(=O)N2CCc3ccccc32)c1. The van der Waals surface area contributed by atoms with Gasteiger partial charge in [0.1, 0.15) is 11.2 Å². The van der Waals surface area contributed by atoms with Gasteiger partial charge in [-0.2, -0.15) is 10.1 Å². The first kappa shape index (κ1) is 17.5. The van der Waals surface area contributed by atoms with Gasteiger partial charge in [-0.25, -0.2) is 13.5 Å². The Balaban J connectivity index is 1.70. The van der Waals surface area contributed by atoms with Crippen LogP contribution in [0.1, 0.15) is 15.9 Å². The Morgan fingerprint density at radius 2 is 2.04 bits per heavy atom. The average molecular weight is 404 g/mol. The zero-order valence-electron chi connectivity index (χ0n) is 13.9. The molecular weight excluding hydrogens is 390 g/mol. The summed E-state index contributed by atoms with van der Waals surface area (Å²) in [6, 6.07) is 11.4. The van der Waals surface area contributed by atoms with Crippen molar-refractivity contribution in [3.63, 3.8) is 0 Å². The summed E-state index contributed by atoms with van der Waals surface area (Å²) < 4.78 is 27.7. The van der Waals surface area contributed by atoms with Crippen LogP contribution in [0.15, 0.2) is 53.7 Å². The minimum atomic E-state index is -3.92. The van der Waals surface area contributed by atoms with E-state index in [0.717, 1.165) is 5.56 Å². The summed E-state index contributed by atoms with van der Waals surface area (Å²) >= 11 is 6.17.